The molecule has 3 N–H and O–H groups in total. The lowest BCUT2D eigenvalue weighted by atomic mass is 10.1. The second-order valence-corrected chi connectivity index (χ2v) is 5.66. The SMILES string of the molecule is Cc1cnccc1CCN=C(N)Nc1ccc2c(c1)OCCCO2.I. The summed E-state index contributed by atoms with van der Waals surface area (Å²) < 4.78 is 11.3. The van der Waals surface area contributed by atoms with Gasteiger partial charge in [-0.2, -0.15) is 0 Å². The van der Waals surface area contributed by atoms with Gasteiger partial charge in [0.2, 0.25) is 0 Å². The van der Waals surface area contributed by atoms with Crippen LogP contribution in [-0.4, -0.2) is 30.7 Å². The van der Waals surface area contributed by atoms with Crippen molar-refractivity contribution in [3.05, 3.63) is 47.8 Å². The van der Waals surface area contributed by atoms with E-state index in [0.29, 0.717) is 25.7 Å². The van der Waals surface area contributed by atoms with Crippen LogP contribution >= 0.6 is 24.0 Å². The molecule has 0 radical (unpaired) electrons. The summed E-state index contributed by atoms with van der Waals surface area (Å²) in [6.45, 7) is 4.00. The van der Waals surface area contributed by atoms with Crippen molar-refractivity contribution in [2.75, 3.05) is 25.1 Å². The topological polar surface area (TPSA) is 81.8 Å². The molecule has 6 nitrogen and oxygen atoms in total. The molecule has 0 unspecified atom stereocenters. The van der Waals surface area contributed by atoms with Crippen molar-refractivity contribution in [3.63, 3.8) is 0 Å². The van der Waals surface area contributed by atoms with Gasteiger partial charge in [-0.05, 0) is 42.7 Å². The van der Waals surface area contributed by atoms with Crippen LogP contribution in [0, 0.1) is 6.92 Å². The van der Waals surface area contributed by atoms with Crippen LogP contribution in [0.5, 0.6) is 11.5 Å². The quantitative estimate of drug-likeness (QED) is 0.422. The molecule has 0 spiro atoms. The lowest BCUT2D eigenvalue weighted by Gasteiger charge is -2.11. The predicted molar refractivity (Wildman–Crippen MR) is 110 cm³/mol. The highest BCUT2D eigenvalue weighted by atomic mass is 127. The van der Waals surface area contributed by atoms with Gasteiger partial charge in [-0.15, -0.1) is 24.0 Å². The smallest absolute Gasteiger partial charge is 0.193 e. The van der Waals surface area contributed by atoms with E-state index in [1.807, 2.05) is 37.4 Å². The van der Waals surface area contributed by atoms with E-state index in [9.17, 15) is 0 Å². The summed E-state index contributed by atoms with van der Waals surface area (Å²) >= 11 is 0. The number of aliphatic imine (C=N–C) groups is 1. The minimum Gasteiger partial charge on any atom is -0.490 e. The third-order valence-corrected chi connectivity index (χ3v) is 3.82. The first-order valence-electron chi connectivity index (χ1n) is 8.08. The highest BCUT2D eigenvalue weighted by Gasteiger charge is 2.10. The van der Waals surface area contributed by atoms with Crippen LogP contribution in [0.15, 0.2) is 41.7 Å². The van der Waals surface area contributed by atoms with Crippen molar-refractivity contribution < 1.29 is 9.47 Å². The maximum absolute atomic E-state index is 5.97. The molecule has 0 atom stereocenters. The van der Waals surface area contributed by atoms with Gasteiger partial charge in [-0.25, -0.2) is 0 Å². The van der Waals surface area contributed by atoms with Gasteiger partial charge < -0.3 is 20.5 Å². The minimum absolute atomic E-state index is 0. The van der Waals surface area contributed by atoms with Crippen molar-refractivity contribution in [1.29, 1.82) is 0 Å². The molecule has 0 saturated heterocycles. The molecule has 1 aliphatic heterocycles. The molecule has 2 heterocycles. The number of anilines is 1. The maximum atomic E-state index is 5.97. The van der Waals surface area contributed by atoms with Gasteiger partial charge >= 0.3 is 0 Å². The second-order valence-electron chi connectivity index (χ2n) is 5.66. The van der Waals surface area contributed by atoms with E-state index in [4.69, 9.17) is 15.2 Å². The molecule has 0 fully saturated rings. The minimum atomic E-state index is 0. The highest BCUT2D eigenvalue weighted by molar-refractivity contribution is 14.0. The Kier molecular flexibility index (Phi) is 7.30. The summed E-state index contributed by atoms with van der Waals surface area (Å²) in [5, 5.41) is 3.09. The van der Waals surface area contributed by atoms with Gasteiger partial charge in [-0.3, -0.25) is 9.98 Å². The zero-order chi connectivity index (χ0) is 16.8. The van der Waals surface area contributed by atoms with Gasteiger partial charge in [0.25, 0.3) is 0 Å². The van der Waals surface area contributed by atoms with Crippen LogP contribution in [0.3, 0.4) is 0 Å². The van der Waals surface area contributed by atoms with Crippen LogP contribution in [-0.2, 0) is 6.42 Å². The number of nitrogens with zero attached hydrogens (tertiary/aromatic N) is 2. The van der Waals surface area contributed by atoms with Crippen LogP contribution in [0.25, 0.3) is 0 Å². The Morgan fingerprint density at radius 2 is 2.04 bits per heavy atom. The first kappa shape index (κ1) is 19.3. The molecule has 1 aromatic carbocycles. The number of rotatable bonds is 4. The number of nitrogens with two attached hydrogens (primary N) is 1. The molecular weight excluding hydrogens is 431 g/mol. The number of hydrogen-bond donors (Lipinski definition) is 2. The maximum Gasteiger partial charge on any atom is 0.193 e. The molecule has 1 aliphatic rings. The van der Waals surface area contributed by atoms with E-state index in [0.717, 1.165) is 30.0 Å². The van der Waals surface area contributed by atoms with E-state index in [2.05, 4.69) is 15.3 Å². The Balaban J connectivity index is 0.00000225. The molecule has 3 rings (SSSR count). The van der Waals surface area contributed by atoms with Crippen molar-refractivity contribution >= 4 is 35.6 Å². The predicted octanol–water partition coefficient (Wildman–Crippen LogP) is 3.14. The summed E-state index contributed by atoms with van der Waals surface area (Å²) in [6, 6.07) is 7.69. The van der Waals surface area contributed by atoms with Gasteiger partial charge in [0.05, 0.1) is 13.2 Å². The van der Waals surface area contributed by atoms with Gasteiger partial charge in [-0.1, -0.05) is 0 Å². The Morgan fingerprint density at radius 1 is 1.24 bits per heavy atom. The Bertz CT molecular complexity index is 737. The highest BCUT2D eigenvalue weighted by Crippen LogP contribution is 2.32. The van der Waals surface area contributed by atoms with Crippen LogP contribution in [0.1, 0.15) is 17.5 Å². The molecule has 2 aromatic rings. The van der Waals surface area contributed by atoms with E-state index >= 15 is 0 Å². The number of nitrogens with one attached hydrogen (secondary N) is 1. The Labute approximate surface area is 164 Å². The third kappa shape index (κ3) is 5.48. The summed E-state index contributed by atoms with van der Waals surface area (Å²) in [5.74, 6) is 1.88. The number of aryl methyl sites for hydroxylation is 1. The molecule has 7 heteroatoms. The van der Waals surface area contributed by atoms with Crippen molar-refractivity contribution in [1.82, 2.24) is 4.98 Å². The lowest BCUT2D eigenvalue weighted by Crippen LogP contribution is -2.23. The standard InChI is InChI=1S/C18H22N4O2.HI/c1-13-12-20-7-5-14(13)6-8-21-18(19)22-15-3-4-16-17(11-15)24-10-2-9-23-16;/h3-5,7,11-12H,2,6,8-10H2,1H3,(H3,19,21,22);1H. The van der Waals surface area contributed by atoms with E-state index in [1.54, 1.807) is 6.20 Å². The van der Waals surface area contributed by atoms with Gasteiger partial charge in [0, 0.05) is 37.1 Å². The molecule has 134 valence electrons. The molecule has 1 aromatic heterocycles. The lowest BCUT2D eigenvalue weighted by molar-refractivity contribution is 0.297. The van der Waals surface area contributed by atoms with E-state index in [1.165, 1.54) is 11.1 Å². The summed E-state index contributed by atoms with van der Waals surface area (Å²) in [5.41, 5.74) is 9.21. The fourth-order valence-corrected chi connectivity index (χ4v) is 2.51. The van der Waals surface area contributed by atoms with Crippen molar-refractivity contribution in [2.24, 2.45) is 10.7 Å². The number of fused-ring (bicyclic) bond motifs is 1. The molecule has 25 heavy (non-hydrogen) atoms. The number of pyridine rings is 1. The van der Waals surface area contributed by atoms with E-state index < -0.39 is 0 Å². The van der Waals surface area contributed by atoms with E-state index in [-0.39, 0.29) is 24.0 Å². The fourth-order valence-electron chi connectivity index (χ4n) is 2.51. The first-order valence-corrected chi connectivity index (χ1v) is 8.08. The molecule has 0 aliphatic carbocycles. The number of hydrogen-bond acceptors (Lipinski definition) is 4. The first-order chi connectivity index (χ1) is 11.7. The zero-order valence-corrected chi connectivity index (χ0v) is 16.5. The summed E-state index contributed by atoms with van der Waals surface area (Å²) in [6.07, 6.45) is 5.37. The average molecular weight is 454 g/mol. The number of guanidine groups is 1. The second kappa shape index (κ2) is 9.45. The number of aromatic nitrogens is 1. The third-order valence-electron chi connectivity index (χ3n) is 3.82. The Hall–Kier alpha value is -2.03. The molecular formula is C18H23IN4O2. The van der Waals surface area contributed by atoms with Crippen molar-refractivity contribution in [3.8, 4) is 11.5 Å². The normalized spacial score (nSPS) is 13.6. The van der Waals surface area contributed by atoms with Gasteiger partial charge in [0.1, 0.15) is 0 Å². The monoisotopic (exact) mass is 454 g/mol. The number of benzene rings is 1. The van der Waals surface area contributed by atoms with Crippen molar-refractivity contribution in [2.45, 2.75) is 19.8 Å². The van der Waals surface area contributed by atoms with Gasteiger partial charge in [0.15, 0.2) is 17.5 Å². The van der Waals surface area contributed by atoms with Crippen LogP contribution < -0.4 is 20.5 Å². The zero-order valence-electron chi connectivity index (χ0n) is 14.2. The molecule has 0 saturated carbocycles. The number of ether oxygens (including phenoxy) is 2. The summed E-state index contributed by atoms with van der Waals surface area (Å²) in [7, 11) is 0. The fraction of sp³-hybridized carbons (Fsp3) is 0.333. The number of halogens is 1. The molecule has 0 bridgehead atoms. The Morgan fingerprint density at radius 3 is 2.84 bits per heavy atom. The summed E-state index contributed by atoms with van der Waals surface area (Å²) in [4.78, 5) is 8.47. The van der Waals surface area contributed by atoms with Crippen LogP contribution in [0.4, 0.5) is 5.69 Å². The molecule has 0 amide bonds. The average Bonchev–Trinajstić information content (AvgIpc) is 2.81. The van der Waals surface area contributed by atoms with Crippen LogP contribution in [0.2, 0.25) is 0 Å². The largest absolute Gasteiger partial charge is 0.490 e.